The average Bonchev–Trinajstić information content (AvgIpc) is 3.06. The van der Waals surface area contributed by atoms with Crippen molar-refractivity contribution in [3.8, 4) is 11.3 Å². The van der Waals surface area contributed by atoms with Crippen LogP contribution in [0.25, 0.3) is 11.3 Å². The molecular formula is C20H21N3OS. The Labute approximate surface area is 151 Å². The van der Waals surface area contributed by atoms with E-state index >= 15 is 0 Å². The van der Waals surface area contributed by atoms with Gasteiger partial charge in [0, 0.05) is 28.7 Å². The van der Waals surface area contributed by atoms with E-state index in [2.05, 4.69) is 28.6 Å². The van der Waals surface area contributed by atoms with Crippen LogP contribution in [0.15, 0.2) is 53.9 Å². The second kappa shape index (κ2) is 7.94. The maximum Gasteiger partial charge on any atom is 0.224 e. The zero-order valence-electron chi connectivity index (χ0n) is 14.4. The smallest absolute Gasteiger partial charge is 0.224 e. The minimum Gasteiger partial charge on any atom is -0.331 e. The van der Waals surface area contributed by atoms with Crippen molar-refractivity contribution in [3.63, 3.8) is 0 Å². The molecule has 0 aliphatic rings. The summed E-state index contributed by atoms with van der Waals surface area (Å²) >= 11 is 1.58. The number of aromatic nitrogens is 1. The molecule has 0 unspecified atom stereocenters. The predicted molar refractivity (Wildman–Crippen MR) is 106 cm³/mol. The van der Waals surface area contributed by atoms with Gasteiger partial charge in [0.2, 0.25) is 5.91 Å². The van der Waals surface area contributed by atoms with E-state index < -0.39 is 0 Å². The molecule has 5 heteroatoms. The summed E-state index contributed by atoms with van der Waals surface area (Å²) in [4.78, 5) is 16.3. The second-order valence-electron chi connectivity index (χ2n) is 5.85. The summed E-state index contributed by atoms with van der Waals surface area (Å²) in [6.07, 6.45) is 1.39. The molecule has 0 aliphatic heterocycles. The van der Waals surface area contributed by atoms with E-state index in [1.54, 1.807) is 11.3 Å². The molecule has 2 N–H and O–H groups in total. The molecule has 0 aliphatic carbocycles. The van der Waals surface area contributed by atoms with E-state index in [-0.39, 0.29) is 5.91 Å². The first-order valence-electron chi connectivity index (χ1n) is 8.34. The van der Waals surface area contributed by atoms with Crippen LogP contribution in [0.5, 0.6) is 0 Å². The van der Waals surface area contributed by atoms with Crippen LogP contribution in [0.2, 0.25) is 0 Å². The SMILES string of the molecule is CCCC(=O)Nc1ccc(-c2csc(Nc3ccccc3C)n2)cc1. The lowest BCUT2D eigenvalue weighted by Crippen LogP contribution is -2.10. The lowest BCUT2D eigenvalue weighted by Gasteiger charge is -2.06. The maximum atomic E-state index is 11.6. The highest BCUT2D eigenvalue weighted by Crippen LogP contribution is 2.28. The van der Waals surface area contributed by atoms with Gasteiger partial charge in [-0.25, -0.2) is 4.98 Å². The van der Waals surface area contributed by atoms with Crippen LogP contribution in [-0.2, 0) is 4.79 Å². The van der Waals surface area contributed by atoms with Crippen LogP contribution in [0, 0.1) is 6.92 Å². The Bertz CT molecular complexity index is 855. The van der Waals surface area contributed by atoms with Gasteiger partial charge in [-0.2, -0.15) is 0 Å². The molecule has 1 aromatic heterocycles. The fourth-order valence-corrected chi connectivity index (χ4v) is 3.20. The lowest BCUT2D eigenvalue weighted by molar-refractivity contribution is -0.116. The number of carbonyl (C=O) groups excluding carboxylic acids is 1. The first-order valence-corrected chi connectivity index (χ1v) is 9.22. The van der Waals surface area contributed by atoms with Crippen molar-refractivity contribution < 1.29 is 4.79 Å². The summed E-state index contributed by atoms with van der Waals surface area (Å²) in [5.41, 5.74) is 5.02. The third kappa shape index (κ3) is 4.45. The molecule has 0 saturated heterocycles. The zero-order valence-corrected chi connectivity index (χ0v) is 15.2. The molecular weight excluding hydrogens is 330 g/mol. The van der Waals surface area contributed by atoms with Gasteiger partial charge >= 0.3 is 0 Å². The number of carbonyl (C=O) groups is 1. The van der Waals surface area contributed by atoms with Gasteiger partial charge in [-0.05, 0) is 37.1 Å². The first kappa shape index (κ1) is 17.2. The molecule has 3 aromatic rings. The molecule has 1 heterocycles. The van der Waals surface area contributed by atoms with Crippen molar-refractivity contribution in [2.24, 2.45) is 0 Å². The fraction of sp³-hybridized carbons (Fsp3) is 0.200. The van der Waals surface area contributed by atoms with Crippen molar-refractivity contribution in [2.75, 3.05) is 10.6 Å². The Hall–Kier alpha value is -2.66. The molecule has 0 bridgehead atoms. The van der Waals surface area contributed by atoms with E-state index in [4.69, 9.17) is 0 Å². The van der Waals surface area contributed by atoms with Crippen molar-refractivity contribution in [1.29, 1.82) is 0 Å². The molecule has 0 fully saturated rings. The Kier molecular flexibility index (Phi) is 5.46. The minimum absolute atomic E-state index is 0.0497. The second-order valence-corrected chi connectivity index (χ2v) is 6.71. The van der Waals surface area contributed by atoms with Gasteiger partial charge in [0.1, 0.15) is 0 Å². The molecule has 1 amide bonds. The molecule has 0 radical (unpaired) electrons. The normalized spacial score (nSPS) is 10.5. The molecule has 128 valence electrons. The summed E-state index contributed by atoms with van der Waals surface area (Å²) in [7, 11) is 0. The summed E-state index contributed by atoms with van der Waals surface area (Å²) in [6, 6.07) is 15.9. The van der Waals surface area contributed by atoms with Crippen LogP contribution in [0.1, 0.15) is 25.3 Å². The van der Waals surface area contributed by atoms with Crippen LogP contribution >= 0.6 is 11.3 Å². The third-order valence-corrected chi connectivity index (χ3v) is 4.59. The number of aryl methyl sites for hydroxylation is 1. The Morgan fingerprint density at radius 2 is 1.88 bits per heavy atom. The van der Waals surface area contributed by atoms with Crippen molar-refractivity contribution in [2.45, 2.75) is 26.7 Å². The van der Waals surface area contributed by atoms with Crippen LogP contribution in [0.3, 0.4) is 0 Å². The van der Waals surface area contributed by atoms with Crippen LogP contribution in [-0.4, -0.2) is 10.9 Å². The maximum absolute atomic E-state index is 11.6. The summed E-state index contributed by atoms with van der Waals surface area (Å²) in [5, 5.41) is 9.16. The summed E-state index contributed by atoms with van der Waals surface area (Å²) in [6.45, 7) is 4.07. The Morgan fingerprint density at radius 3 is 2.60 bits per heavy atom. The molecule has 2 aromatic carbocycles. The number of nitrogens with zero attached hydrogens (tertiary/aromatic N) is 1. The van der Waals surface area contributed by atoms with E-state index in [0.29, 0.717) is 6.42 Å². The molecule has 3 rings (SSSR count). The number of para-hydroxylation sites is 1. The largest absolute Gasteiger partial charge is 0.331 e. The standard InChI is InChI=1S/C20H21N3OS/c1-3-6-19(24)21-16-11-9-15(10-12-16)18-13-25-20(23-18)22-17-8-5-4-7-14(17)2/h4-5,7-13H,3,6H2,1-2H3,(H,21,24)(H,22,23). The number of hydrogen-bond acceptors (Lipinski definition) is 4. The van der Waals surface area contributed by atoms with Gasteiger partial charge in [0.15, 0.2) is 5.13 Å². The summed E-state index contributed by atoms with van der Waals surface area (Å²) < 4.78 is 0. The number of benzene rings is 2. The summed E-state index contributed by atoms with van der Waals surface area (Å²) in [5.74, 6) is 0.0497. The highest BCUT2D eigenvalue weighted by Gasteiger charge is 2.07. The molecule has 0 saturated carbocycles. The molecule has 0 spiro atoms. The number of nitrogens with one attached hydrogen (secondary N) is 2. The predicted octanol–water partition coefficient (Wildman–Crippen LogP) is 5.60. The number of anilines is 3. The number of amides is 1. The quantitative estimate of drug-likeness (QED) is 0.608. The van der Waals surface area contributed by atoms with E-state index in [9.17, 15) is 4.79 Å². The highest BCUT2D eigenvalue weighted by molar-refractivity contribution is 7.14. The van der Waals surface area contributed by atoms with Crippen molar-refractivity contribution >= 4 is 33.8 Å². The fourth-order valence-electron chi connectivity index (χ4n) is 2.47. The van der Waals surface area contributed by atoms with Gasteiger partial charge in [-0.15, -0.1) is 11.3 Å². The zero-order chi connectivity index (χ0) is 17.6. The Balaban J connectivity index is 1.70. The topological polar surface area (TPSA) is 54.0 Å². The average molecular weight is 351 g/mol. The van der Waals surface area contributed by atoms with Crippen LogP contribution < -0.4 is 10.6 Å². The van der Waals surface area contributed by atoms with Gasteiger partial charge in [-0.1, -0.05) is 37.3 Å². The third-order valence-electron chi connectivity index (χ3n) is 3.83. The monoisotopic (exact) mass is 351 g/mol. The van der Waals surface area contributed by atoms with E-state index in [1.165, 1.54) is 5.56 Å². The van der Waals surface area contributed by atoms with Gasteiger partial charge in [-0.3, -0.25) is 4.79 Å². The number of hydrogen-bond donors (Lipinski definition) is 2. The first-order chi connectivity index (χ1) is 12.2. The van der Waals surface area contributed by atoms with E-state index in [0.717, 1.165) is 34.2 Å². The minimum atomic E-state index is 0.0497. The Morgan fingerprint density at radius 1 is 1.12 bits per heavy atom. The van der Waals surface area contributed by atoms with E-state index in [1.807, 2.05) is 54.8 Å². The lowest BCUT2D eigenvalue weighted by atomic mass is 10.1. The van der Waals surface area contributed by atoms with Gasteiger partial charge in [0.05, 0.1) is 5.69 Å². The molecule has 25 heavy (non-hydrogen) atoms. The van der Waals surface area contributed by atoms with Crippen molar-refractivity contribution in [3.05, 3.63) is 59.5 Å². The van der Waals surface area contributed by atoms with Gasteiger partial charge < -0.3 is 10.6 Å². The highest BCUT2D eigenvalue weighted by atomic mass is 32.1. The molecule has 0 atom stereocenters. The number of thiazole rings is 1. The van der Waals surface area contributed by atoms with Crippen molar-refractivity contribution in [1.82, 2.24) is 4.98 Å². The number of rotatable bonds is 6. The molecule has 4 nitrogen and oxygen atoms in total. The van der Waals surface area contributed by atoms with Gasteiger partial charge in [0.25, 0.3) is 0 Å². The van der Waals surface area contributed by atoms with Crippen LogP contribution in [0.4, 0.5) is 16.5 Å².